The molecule has 0 aliphatic carbocycles. The van der Waals surface area contributed by atoms with Crippen molar-refractivity contribution in [2.24, 2.45) is 0 Å². The molecule has 0 saturated carbocycles. The third-order valence-corrected chi connectivity index (χ3v) is 4.35. The standard InChI is InChI=1S/C14H13NO4S/c1-19-14(16)11-7-8-12(15-9-11)10-20(17,18)13-5-3-2-4-6-13/h2-9H,10H2,1H3. The number of carbonyl (C=O) groups is 1. The van der Waals surface area contributed by atoms with Crippen LogP contribution in [0.1, 0.15) is 16.1 Å². The van der Waals surface area contributed by atoms with Gasteiger partial charge in [-0.1, -0.05) is 18.2 Å². The highest BCUT2D eigenvalue weighted by Crippen LogP contribution is 2.15. The minimum absolute atomic E-state index is 0.210. The van der Waals surface area contributed by atoms with Crippen molar-refractivity contribution in [3.63, 3.8) is 0 Å². The van der Waals surface area contributed by atoms with Crippen LogP contribution in [-0.4, -0.2) is 26.5 Å². The molecule has 1 heterocycles. The minimum atomic E-state index is -3.43. The third kappa shape index (κ3) is 3.21. The number of methoxy groups -OCH3 is 1. The van der Waals surface area contributed by atoms with E-state index in [-0.39, 0.29) is 16.2 Å². The fraction of sp³-hybridized carbons (Fsp3) is 0.143. The van der Waals surface area contributed by atoms with Crippen molar-refractivity contribution in [1.82, 2.24) is 4.98 Å². The van der Waals surface area contributed by atoms with Gasteiger partial charge >= 0.3 is 5.97 Å². The van der Waals surface area contributed by atoms with E-state index in [1.165, 1.54) is 37.6 Å². The molecular formula is C14H13NO4S. The van der Waals surface area contributed by atoms with Gasteiger partial charge in [-0.3, -0.25) is 4.98 Å². The van der Waals surface area contributed by atoms with Crippen LogP contribution in [0.15, 0.2) is 53.6 Å². The van der Waals surface area contributed by atoms with Gasteiger partial charge in [-0.05, 0) is 24.3 Å². The third-order valence-electron chi connectivity index (χ3n) is 2.69. The lowest BCUT2D eigenvalue weighted by Crippen LogP contribution is -2.07. The number of aromatic nitrogens is 1. The Kier molecular flexibility index (Phi) is 4.14. The summed E-state index contributed by atoms with van der Waals surface area (Å²) in [6.07, 6.45) is 1.31. The molecule has 2 rings (SSSR count). The molecule has 20 heavy (non-hydrogen) atoms. The molecule has 0 aliphatic heterocycles. The predicted octanol–water partition coefficient (Wildman–Crippen LogP) is 1.84. The molecule has 1 aromatic heterocycles. The van der Waals surface area contributed by atoms with E-state index in [1.807, 2.05) is 0 Å². The largest absolute Gasteiger partial charge is 0.465 e. The van der Waals surface area contributed by atoms with Gasteiger partial charge < -0.3 is 4.74 Å². The summed E-state index contributed by atoms with van der Waals surface area (Å²) in [5, 5.41) is 0. The van der Waals surface area contributed by atoms with Crippen LogP contribution in [0.4, 0.5) is 0 Å². The quantitative estimate of drug-likeness (QED) is 0.804. The van der Waals surface area contributed by atoms with E-state index < -0.39 is 15.8 Å². The SMILES string of the molecule is COC(=O)c1ccc(CS(=O)(=O)c2ccccc2)nc1. The zero-order valence-corrected chi connectivity index (χ0v) is 11.6. The number of hydrogen-bond donors (Lipinski definition) is 0. The van der Waals surface area contributed by atoms with E-state index in [0.29, 0.717) is 5.69 Å². The Labute approximate surface area is 117 Å². The van der Waals surface area contributed by atoms with E-state index in [9.17, 15) is 13.2 Å². The number of carbonyl (C=O) groups excluding carboxylic acids is 1. The summed E-state index contributed by atoms with van der Waals surface area (Å²) in [7, 11) is -2.16. The van der Waals surface area contributed by atoms with Crippen LogP contribution >= 0.6 is 0 Å². The van der Waals surface area contributed by atoms with E-state index in [1.54, 1.807) is 18.2 Å². The van der Waals surface area contributed by atoms with Crippen LogP contribution in [0.3, 0.4) is 0 Å². The molecule has 0 unspecified atom stereocenters. The van der Waals surface area contributed by atoms with Crippen molar-refractivity contribution in [2.75, 3.05) is 7.11 Å². The zero-order valence-electron chi connectivity index (χ0n) is 10.8. The molecular weight excluding hydrogens is 278 g/mol. The molecule has 0 aliphatic rings. The van der Waals surface area contributed by atoms with Crippen molar-refractivity contribution in [3.8, 4) is 0 Å². The first-order valence-electron chi connectivity index (χ1n) is 5.84. The monoisotopic (exact) mass is 291 g/mol. The molecule has 1 aromatic carbocycles. The van der Waals surface area contributed by atoms with Gasteiger partial charge in [0.15, 0.2) is 9.84 Å². The van der Waals surface area contributed by atoms with Crippen LogP contribution in [0.2, 0.25) is 0 Å². The van der Waals surface area contributed by atoms with E-state index in [0.717, 1.165) is 0 Å². The molecule has 104 valence electrons. The smallest absolute Gasteiger partial charge is 0.339 e. The van der Waals surface area contributed by atoms with Gasteiger partial charge in [-0.25, -0.2) is 13.2 Å². The fourth-order valence-electron chi connectivity index (χ4n) is 1.65. The number of ether oxygens (including phenoxy) is 1. The number of esters is 1. The zero-order chi connectivity index (χ0) is 14.6. The Hall–Kier alpha value is -2.21. The number of nitrogens with zero attached hydrogens (tertiary/aromatic N) is 1. The molecule has 5 nitrogen and oxygen atoms in total. The molecule has 0 spiro atoms. The maximum Gasteiger partial charge on any atom is 0.339 e. The molecule has 0 atom stereocenters. The lowest BCUT2D eigenvalue weighted by molar-refractivity contribution is 0.0600. The average Bonchev–Trinajstić information content (AvgIpc) is 2.48. The molecule has 6 heteroatoms. The van der Waals surface area contributed by atoms with Crippen LogP contribution in [0.5, 0.6) is 0 Å². The van der Waals surface area contributed by atoms with Gasteiger partial charge in [0.1, 0.15) is 0 Å². The van der Waals surface area contributed by atoms with Crippen LogP contribution < -0.4 is 0 Å². The first-order valence-corrected chi connectivity index (χ1v) is 7.49. The maximum absolute atomic E-state index is 12.1. The molecule has 0 bridgehead atoms. The van der Waals surface area contributed by atoms with E-state index >= 15 is 0 Å². The summed E-state index contributed by atoms with van der Waals surface area (Å²) < 4.78 is 28.8. The number of sulfone groups is 1. The first-order chi connectivity index (χ1) is 9.53. The number of pyridine rings is 1. The van der Waals surface area contributed by atoms with E-state index in [2.05, 4.69) is 9.72 Å². The predicted molar refractivity (Wildman–Crippen MR) is 72.9 cm³/mol. The second-order valence-corrected chi connectivity index (χ2v) is 6.09. The highest BCUT2D eigenvalue weighted by atomic mass is 32.2. The molecule has 0 fully saturated rings. The fourth-order valence-corrected chi connectivity index (χ4v) is 2.95. The highest BCUT2D eigenvalue weighted by Gasteiger charge is 2.16. The number of hydrogen-bond acceptors (Lipinski definition) is 5. The van der Waals surface area contributed by atoms with Crippen molar-refractivity contribution >= 4 is 15.8 Å². The average molecular weight is 291 g/mol. The van der Waals surface area contributed by atoms with E-state index in [4.69, 9.17) is 0 Å². The summed E-state index contributed by atoms with van der Waals surface area (Å²) >= 11 is 0. The van der Waals surface area contributed by atoms with Gasteiger partial charge in [0.25, 0.3) is 0 Å². The molecule has 2 aromatic rings. The lowest BCUT2D eigenvalue weighted by Gasteiger charge is -2.04. The Balaban J connectivity index is 2.20. The topological polar surface area (TPSA) is 73.3 Å². The van der Waals surface area contributed by atoms with Crippen molar-refractivity contribution < 1.29 is 17.9 Å². The summed E-state index contributed by atoms with van der Waals surface area (Å²) in [6.45, 7) is 0. The van der Waals surface area contributed by atoms with Crippen molar-refractivity contribution in [2.45, 2.75) is 10.6 Å². The summed E-state index contributed by atoms with van der Waals surface area (Å²) in [5.74, 6) is -0.715. The normalized spacial score (nSPS) is 11.1. The Morgan fingerprint density at radius 3 is 2.40 bits per heavy atom. The van der Waals surface area contributed by atoms with Crippen LogP contribution in [0, 0.1) is 0 Å². The number of benzene rings is 1. The van der Waals surface area contributed by atoms with Gasteiger partial charge in [0.05, 0.1) is 29.0 Å². The summed E-state index contributed by atoms with van der Waals surface area (Å²) in [4.78, 5) is 15.5. The maximum atomic E-state index is 12.1. The molecule has 0 amide bonds. The van der Waals surface area contributed by atoms with Crippen LogP contribution in [0.25, 0.3) is 0 Å². The van der Waals surface area contributed by atoms with Crippen molar-refractivity contribution in [1.29, 1.82) is 0 Å². The second kappa shape index (κ2) is 5.83. The lowest BCUT2D eigenvalue weighted by atomic mass is 10.2. The van der Waals surface area contributed by atoms with Gasteiger partial charge in [0, 0.05) is 6.20 Å². The summed E-state index contributed by atoms with van der Waals surface area (Å²) in [5.41, 5.74) is 0.662. The Morgan fingerprint density at radius 1 is 1.15 bits per heavy atom. The first kappa shape index (κ1) is 14.2. The van der Waals surface area contributed by atoms with Gasteiger partial charge in [-0.2, -0.15) is 0 Å². The molecule has 0 radical (unpaired) electrons. The molecule has 0 N–H and O–H groups in total. The number of rotatable bonds is 4. The summed E-state index contributed by atoms with van der Waals surface area (Å²) in [6, 6.07) is 11.2. The Bertz CT molecular complexity index is 694. The Morgan fingerprint density at radius 2 is 1.85 bits per heavy atom. The van der Waals surface area contributed by atoms with Crippen molar-refractivity contribution in [3.05, 3.63) is 59.9 Å². The second-order valence-electron chi connectivity index (χ2n) is 4.10. The van der Waals surface area contributed by atoms with Crippen LogP contribution in [-0.2, 0) is 20.3 Å². The highest BCUT2D eigenvalue weighted by molar-refractivity contribution is 7.90. The minimum Gasteiger partial charge on any atom is -0.465 e. The molecule has 0 saturated heterocycles. The van der Waals surface area contributed by atoms with Gasteiger partial charge in [-0.15, -0.1) is 0 Å². The van der Waals surface area contributed by atoms with Gasteiger partial charge in [0.2, 0.25) is 0 Å².